The Bertz CT molecular complexity index is 80.6. The van der Waals surface area contributed by atoms with Crippen molar-refractivity contribution < 1.29 is 0 Å². The van der Waals surface area contributed by atoms with Crippen LogP contribution in [0.25, 0.3) is 0 Å². The molecule has 0 bridgehead atoms. The highest BCUT2D eigenvalue weighted by Crippen LogP contribution is 2.32. The van der Waals surface area contributed by atoms with Crippen molar-refractivity contribution in [2.24, 2.45) is 11.8 Å². The normalized spacial score (nSPS) is 35.3. The first-order valence-electron chi connectivity index (χ1n) is 3.83. The van der Waals surface area contributed by atoms with Crippen LogP contribution in [-0.4, -0.2) is 12.0 Å². The molecule has 0 unspecified atom stereocenters. The minimum Gasteiger partial charge on any atom is -0.165 e. The smallest absolute Gasteiger partial charge is 0.00394 e. The SMILES string of the molecule is CSC[C@@H]1CCC[C@H]1C. The lowest BCUT2D eigenvalue weighted by Crippen LogP contribution is -2.05. The van der Waals surface area contributed by atoms with E-state index in [-0.39, 0.29) is 0 Å². The first kappa shape index (κ1) is 7.46. The van der Waals surface area contributed by atoms with E-state index in [0.717, 1.165) is 11.8 Å². The van der Waals surface area contributed by atoms with Crippen LogP contribution < -0.4 is 0 Å². The van der Waals surface area contributed by atoms with Gasteiger partial charge in [0.1, 0.15) is 0 Å². The highest BCUT2D eigenvalue weighted by atomic mass is 32.2. The fourth-order valence-corrected chi connectivity index (χ4v) is 2.61. The third kappa shape index (κ3) is 1.89. The van der Waals surface area contributed by atoms with Crippen molar-refractivity contribution in [2.45, 2.75) is 26.2 Å². The molecule has 0 amide bonds. The van der Waals surface area contributed by atoms with Gasteiger partial charge in [0, 0.05) is 0 Å². The van der Waals surface area contributed by atoms with Crippen LogP contribution in [0.15, 0.2) is 0 Å². The van der Waals surface area contributed by atoms with E-state index in [1.165, 1.54) is 25.0 Å². The second kappa shape index (κ2) is 3.50. The number of rotatable bonds is 2. The molecule has 1 aliphatic rings. The highest BCUT2D eigenvalue weighted by Gasteiger charge is 2.21. The van der Waals surface area contributed by atoms with Gasteiger partial charge < -0.3 is 0 Å². The molecule has 0 aliphatic heterocycles. The van der Waals surface area contributed by atoms with E-state index in [1.54, 1.807) is 0 Å². The van der Waals surface area contributed by atoms with Crippen LogP contribution in [0.3, 0.4) is 0 Å². The van der Waals surface area contributed by atoms with Crippen LogP contribution in [0.5, 0.6) is 0 Å². The second-order valence-electron chi connectivity index (χ2n) is 3.12. The molecule has 0 aromatic carbocycles. The standard InChI is InChI=1S/C8H16S/c1-7-4-3-5-8(7)6-9-2/h7-8H,3-6H2,1-2H3/t7-,8+/m1/s1. The summed E-state index contributed by atoms with van der Waals surface area (Å²) in [5.41, 5.74) is 0. The Kier molecular flexibility index (Phi) is 2.90. The van der Waals surface area contributed by atoms with Crippen LogP contribution in [0.2, 0.25) is 0 Å². The Balaban J connectivity index is 2.22. The predicted molar refractivity (Wildman–Crippen MR) is 44.9 cm³/mol. The molecule has 0 nitrogen and oxygen atoms in total. The number of thioether (sulfide) groups is 1. The molecule has 0 N–H and O–H groups in total. The lowest BCUT2D eigenvalue weighted by atomic mass is 10.0. The van der Waals surface area contributed by atoms with Crippen molar-refractivity contribution in [1.29, 1.82) is 0 Å². The van der Waals surface area contributed by atoms with Gasteiger partial charge in [-0.15, -0.1) is 0 Å². The van der Waals surface area contributed by atoms with Gasteiger partial charge in [0.05, 0.1) is 0 Å². The third-order valence-corrected chi connectivity index (χ3v) is 3.18. The summed E-state index contributed by atoms with van der Waals surface area (Å²) >= 11 is 2.00. The Morgan fingerprint density at radius 3 is 2.67 bits per heavy atom. The van der Waals surface area contributed by atoms with Gasteiger partial charge >= 0.3 is 0 Å². The minimum atomic E-state index is 1.01. The summed E-state index contributed by atoms with van der Waals surface area (Å²) in [7, 11) is 0. The van der Waals surface area contributed by atoms with Crippen molar-refractivity contribution in [3.63, 3.8) is 0 Å². The zero-order valence-corrected chi connectivity index (χ0v) is 7.21. The molecule has 0 heterocycles. The Morgan fingerprint density at radius 1 is 1.44 bits per heavy atom. The second-order valence-corrected chi connectivity index (χ2v) is 4.03. The van der Waals surface area contributed by atoms with Gasteiger partial charge in [0.15, 0.2) is 0 Å². The van der Waals surface area contributed by atoms with Gasteiger partial charge in [-0.2, -0.15) is 11.8 Å². The maximum absolute atomic E-state index is 2.40. The van der Waals surface area contributed by atoms with E-state index >= 15 is 0 Å². The van der Waals surface area contributed by atoms with Gasteiger partial charge in [-0.05, 0) is 30.3 Å². The van der Waals surface area contributed by atoms with Gasteiger partial charge in [-0.25, -0.2) is 0 Å². The van der Waals surface area contributed by atoms with Gasteiger partial charge in [0.25, 0.3) is 0 Å². The predicted octanol–water partition coefficient (Wildman–Crippen LogP) is 2.79. The van der Waals surface area contributed by atoms with Gasteiger partial charge in [-0.1, -0.05) is 19.8 Å². The molecule has 0 aromatic heterocycles. The van der Waals surface area contributed by atoms with Crippen LogP contribution in [0.4, 0.5) is 0 Å². The molecule has 9 heavy (non-hydrogen) atoms. The lowest BCUT2D eigenvalue weighted by Gasteiger charge is -2.12. The van der Waals surface area contributed by atoms with Crippen LogP contribution in [-0.2, 0) is 0 Å². The molecule has 2 atom stereocenters. The summed E-state index contributed by atoms with van der Waals surface area (Å²) < 4.78 is 0. The molecular weight excluding hydrogens is 128 g/mol. The number of hydrogen-bond acceptors (Lipinski definition) is 1. The van der Waals surface area contributed by atoms with E-state index in [0.29, 0.717) is 0 Å². The van der Waals surface area contributed by atoms with Gasteiger partial charge in [0.2, 0.25) is 0 Å². The average molecular weight is 144 g/mol. The van der Waals surface area contributed by atoms with E-state index < -0.39 is 0 Å². The summed E-state index contributed by atoms with van der Waals surface area (Å²) in [6.07, 6.45) is 6.66. The summed E-state index contributed by atoms with van der Waals surface area (Å²) in [6, 6.07) is 0. The molecule has 0 aromatic rings. The fraction of sp³-hybridized carbons (Fsp3) is 1.00. The highest BCUT2D eigenvalue weighted by molar-refractivity contribution is 7.98. The molecule has 54 valence electrons. The van der Waals surface area contributed by atoms with Crippen molar-refractivity contribution in [3.8, 4) is 0 Å². The van der Waals surface area contributed by atoms with Crippen LogP contribution in [0.1, 0.15) is 26.2 Å². The molecular formula is C8H16S. The topological polar surface area (TPSA) is 0 Å². The Morgan fingerprint density at radius 2 is 2.22 bits per heavy atom. The molecule has 1 aliphatic carbocycles. The molecule has 1 heteroatoms. The van der Waals surface area contributed by atoms with Crippen molar-refractivity contribution in [3.05, 3.63) is 0 Å². The van der Waals surface area contributed by atoms with Crippen molar-refractivity contribution in [2.75, 3.05) is 12.0 Å². The van der Waals surface area contributed by atoms with Crippen molar-refractivity contribution >= 4 is 11.8 Å². The Labute approximate surface area is 62.4 Å². The van der Waals surface area contributed by atoms with Crippen LogP contribution in [0, 0.1) is 11.8 Å². The first-order valence-corrected chi connectivity index (χ1v) is 5.23. The Hall–Kier alpha value is 0.350. The van der Waals surface area contributed by atoms with E-state index in [9.17, 15) is 0 Å². The third-order valence-electron chi connectivity index (χ3n) is 2.42. The van der Waals surface area contributed by atoms with E-state index in [2.05, 4.69) is 13.2 Å². The number of hydrogen-bond donors (Lipinski definition) is 0. The monoisotopic (exact) mass is 144 g/mol. The zero-order chi connectivity index (χ0) is 6.69. The average Bonchev–Trinajstić information content (AvgIpc) is 2.18. The maximum Gasteiger partial charge on any atom is -0.00394 e. The van der Waals surface area contributed by atoms with Crippen molar-refractivity contribution in [1.82, 2.24) is 0 Å². The van der Waals surface area contributed by atoms with E-state index in [1.807, 2.05) is 11.8 Å². The van der Waals surface area contributed by atoms with Crippen LogP contribution >= 0.6 is 11.8 Å². The van der Waals surface area contributed by atoms with E-state index in [4.69, 9.17) is 0 Å². The zero-order valence-electron chi connectivity index (χ0n) is 6.39. The first-order chi connectivity index (χ1) is 4.34. The summed E-state index contributed by atoms with van der Waals surface area (Å²) in [5.74, 6) is 3.44. The largest absolute Gasteiger partial charge is 0.165 e. The lowest BCUT2D eigenvalue weighted by molar-refractivity contribution is 0.465. The molecule has 0 spiro atoms. The summed E-state index contributed by atoms with van der Waals surface area (Å²) in [5, 5.41) is 0. The van der Waals surface area contributed by atoms with Gasteiger partial charge in [-0.3, -0.25) is 0 Å². The summed E-state index contributed by atoms with van der Waals surface area (Å²) in [6.45, 7) is 2.40. The minimum absolute atomic E-state index is 1.01. The maximum atomic E-state index is 2.40. The molecule has 1 rings (SSSR count). The molecule has 1 saturated carbocycles. The molecule has 0 radical (unpaired) electrons. The molecule has 0 saturated heterocycles. The quantitative estimate of drug-likeness (QED) is 0.574. The fourth-order valence-electron chi connectivity index (χ4n) is 1.68. The summed E-state index contributed by atoms with van der Waals surface area (Å²) in [4.78, 5) is 0. The molecule has 1 fully saturated rings.